The maximum absolute atomic E-state index is 11.1. The van der Waals surface area contributed by atoms with E-state index in [1.54, 1.807) is 11.6 Å². The van der Waals surface area contributed by atoms with Crippen LogP contribution in [-0.4, -0.2) is 32.3 Å². The van der Waals surface area contributed by atoms with Crippen LogP contribution in [0.15, 0.2) is 11.4 Å². The Morgan fingerprint density at radius 2 is 2.38 bits per heavy atom. The molecule has 0 aliphatic carbocycles. The molecule has 0 aliphatic rings. The third-order valence-corrected chi connectivity index (χ3v) is 2.84. The Balaban J connectivity index is 2.51. The molecule has 0 unspecified atom stereocenters. The minimum Gasteiger partial charge on any atom is -0.390 e. The normalized spacial score (nSPS) is 10.1. The van der Waals surface area contributed by atoms with Crippen molar-refractivity contribution in [1.29, 1.82) is 0 Å². The Labute approximate surface area is 96.0 Å². The molecule has 1 rings (SSSR count). The Kier molecular flexibility index (Phi) is 4.32. The molecule has 88 valence electrons. The number of nitrogens with one attached hydrogen (secondary N) is 1. The van der Waals surface area contributed by atoms with E-state index in [0.29, 0.717) is 10.9 Å². The predicted molar refractivity (Wildman–Crippen MR) is 57.6 cm³/mol. The molecule has 8 heteroatoms. The van der Waals surface area contributed by atoms with Crippen LogP contribution >= 0.6 is 11.8 Å². The Morgan fingerprint density at radius 1 is 1.69 bits per heavy atom. The molecular formula is C8H12N4O3S. The number of primary amides is 1. The predicted octanol–water partition coefficient (Wildman–Crippen LogP) is -0.801. The zero-order chi connectivity index (χ0) is 12.1. The van der Waals surface area contributed by atoms with E-state index in [-0.39, 0.29) is 12.4 Å². The lowest BCUT2D eigenvalue weighted by Crippen LogP contribution is -2.36. The topological polar surface area (TPSA) is 110 Å². The van der Waals surface area contributed by atoms with E-state index >= 15 is 0 Å². The summed E-state index contributed by atoms with van der Waals surface area (Å²) in [7, 11) is 1.73. The Morgan fingerprint density at radius 3 is 2.88 bits per heavy atom. The second-order valence-corrected chi connectivity index (χ2v) is 3.89. The molecule has 0 spiro atoms. The number of nitrogens with zero attached hydrogens (tertiary/aromatic N) is 2. The van der Waals surface area contributed by atoms with E-state index < -0.39 is 11.9 Å². The Bertz CT molecular complexity index is 404. The summed E-state index contributed by atoms with van der Waals surface area (Å²) in [5, 5.41) is 11.5. The van der Waals surface area contributed by atoms with Gasteiger partial charge in [-0.2, -0.15) is 0 Å². The fraction of sp³-hybridized carbons (Fsp3) is 0.375. The first kappa shape index (κ1) is 12.5. The first-order valence-corrected chi connectivity index (χ1v) is 5.36. The second kappa shape index (κ2) is 5.52. The van der Waals surface area contributed by atoms with Crippen LogP contribution in [-0.2, 0) is 18.4 Å². The third kappa shape index (κ3) is 3.24. The molecule has 16 heavy (non-hydrogen) atoms. The number of rotatable bonds is 4. The number of hydrogen-bond donors (Lipinski definition) is 3. The van der Waals surface area contributed by atoms with Crippen molar-refractivity contribution in [3.63, 3.8) is 0 Å². The summed E-state index contributed by atoms with van der Waals surface area (Å²) in [4.78, 5) is 25.5. The molecule has 1 aromatic heterocycles. The van der Waals surface area contributed by atoms with Crippen LogP contribution < -0.4 is 11.1 Å². The van der Waals surface area contributed by atoms with E-state index in [9.17, 15) is 9.59 Å². The van der Waals surface area contributed by atoms with Gasteiger partial charge >= 0.3 is 6.03 Å². The monoisotopic (exact) mass is 244 g/mol. The molecule has 3 amide bonds. The van der Waals surface area contributed by atoms with Crippen molar-refractivity contribution in [2.45, 2.75) is 11.8 Å². The van der Waals surface area contributed by atoms with E-state index in [1.807, 2.05) is 5.32 Å². The molecular weight excluding hydrogens is 232 g/mol. The first-order chi connectivity index (χ1) is 7.54. The average molecular weight is 244 g/mol. The van der Waals surface area contributed by atoms with Crippen molar-refractivity contribution in [3.8, 4) is 0 Å². The number of hydrogen-bond acceptors (Lipinski definition) is 5. The highest BCUT2D eigenvalue weighted by atomic mass is 32.2. The molecule has 0 saturated heterocycles. The smallest absolute Gasteiger partial charge is 0.318 e. The molecule has 1 heterocycles. The molecule has 7 nitrogen and oxygen atoms in total. The summed E-state index contributed by atoms with van der Waals surface area (Å²) >= 11 is 1.15. The zero-order valence-corrected chi connectivity index (χ0v) is 9.45. The fourth-order valence-electron chi connectivity index (χ4n) is 1.01. The summed E-state index contributed by atoms with van der Waals surface area (Å²) in [6.07, 6.45) is 1.52. The lowest BCUT2D eigenvalue weighted by Gasteiger charge is -2.03. The van der Waals surface area contributed by atoms with Crippen LogP contribution in [0.1, 0.15) is 5.69 Å². The highest BCUT2D eigenvalue weighted by Gasteiger charge is 2.09. The van der Waals surface area contributed by atoms with E-state index in [0.717, 1.165) is 11.8 Å². The van der Waals surface area contributed by atoms with Gasteiger partial charge in [0.2, 0.25) is 5.91 Å². The number of carbonyl (C=O) groups excluding carboxylic acids is 2. The van der Waals surface area contributed by atoms with Gasteiger partial charge in [-0.1, -0.05) is 11.8 Å². The van der Waals surface area contributed by atoms with Crippen molar-refractivity contribution in [2.75, 3.05) is 5.75 Å². The van der Waals surface area contributed by atoms with Crippen LogP contribution in [0.25, 0.3) is 0 Å². The van der Waals surface area contributed by atoms with Crippen molar-refractivity contribution >= 4 is 23.7 Å². The lowest BCUT2D eigenvalue weighted by molar-refractivity contribution is -0.117. The number of nitrogens with two attached hydrogens (primary N) is 1. The minimum absolute atomic E-state index is 0.0403. The van der Waals surface area contributed by atoms with Gasteiger partial charge in [-0.25, -0.2) is 9.78 Å². The van der Waals surface area contributed by atoms with Gasteiger partial charge in [-0.15, -0.1) is 0 Å². The van der Waals surface area contributed by atoms with Crippen LogP contribution in [0, 0.1) is 0 Å². The van der Waals surface area contributed by atoms with Gasteiger partial charge in [0.1, 0.15) is 0 Å². The van der Waals surface area contributed by atoms with Crippen LogP contribution in [0.5, 0.6) is 0 Å². The Hall–Kier alpha value is -1.54. The maximum atomic E-state index is 11.1. The van der Waals surface area contributed by atoms with E-state index in [2.05, 4.69) is 4.98 Å². The van der Waals surface area contributed by atoms with Gasteiger partial charge in [0, 0.05) is 7.05 Å². The van der Waals surface area contributed by atoms with E-state index in [4.69, 9.17) is 10.8 Å². The molecule has 0 aromatic carbocycles. The number of amides is 3. The van der Waals surface area contributed by atoms with Crippen molar-refractivity contribution < 1.29 is 14.7 Å². The summed E-state index contributed by atoms with van der Waals surface area (Å²) in [6.45, 7) is -0.114. The van der Waals surface area contributed by atoms with Gasteiger partial charge < -0.3 is 15.4 Å². The first-order valence-electron chi connectivity index (χ1n) is 4.38. The lowest BCUT2D eigenvalue weighted by atomic mass is 10.5. The van der Waals surface area contributed by atoms with Gasteiger partial charge in [-0.05, 0) is 0 Å². The third-order valence-electron chi connectivity index (χ3n) is 1.80. The summed E-state index contributed by atoms with van der Waals surface area (Å²) in [5.41, 5.74) is 5.43. The van der Waals surface area contributed by atoms with Crippen LogP contribution in [0.2, 0.25) is 0 Å². The number of urea groups is 1. The molecule has 0 fully saturated rings. The summed E-state index contributed by atoms with van der Waals surface area (Å²) in [5.74, 6) is -0.440. The quantitative estimate of drug-likeness (QED) is 0.600. The molecule has 0 bridgehead atoms. The molecule has 0 radical (unpaired) electrons. The average Bonchev–Trinajstić information content (AvgIpc) is 2.55. The number of aromatic nitrogens is 2. The number of aliphatic hydroxyl groups excluding tert-OH is 1. The molecule has 4 N–H and O–H groups in total. The highest BCUT2D eigenvalue weighted by Crippen LogP contribution is 2.16. The second-order valence-electron chi connectivity index (χ2n) is 2.95. The summed E-state index contributed by atoms with van der Waals surface area (Å²) < 4.78 is 1.67. The molecule has 0 saturated carbocycles. The largest absolute Gasteiger partial charge is 0.390 e. The fourth-order valence-corrected chi connectivity index (χ4v) is 1.78. The van der Waals surface area contributed by atoms with Crippen molar-refractivity contribution in [1.82, 2.24) is 14.9 Å². The highest BCUT2D eigenvalue weighted by molar-refractivity contribution is 7.99. The molecule has 0 aliphatic heterocycles. The van der Waals surface area contributed by atoms with E-state index in [1.165, 1.54) is 6.20 Å². The SMILES string of the molecule is Cn1c(CO)cnc1SCC(=O)NC(N)=O. The standard InChI is InChI=1S/C8H12N4O3S/c1-12-5(3-13)2-10-8(12)16-4-6(14)11-7(9)15/h2,13H,3-4H2,1H3,(H3,9,11,14,15). The maximum Gasteiger partial charge on any atom is 0.318 e. The molecule has 1 aromatic rings. The van der Waals surface area contributed by atoms with Gasteiger partial charge in [0.05, 0.1) is 24.3 Å². The molecule has 0 atom stereocenters. The number of carbonyl (C=O) groups is 2. The van der Waals surface area contributed by atoms with Crippen LogP contribution in [0.3, 0.4) is 0 Å². The number of imide groups is 1. The van der Waals surface area contributed by atoms with Crippen molar-refractivity contribution in [2.24, 2.45) is 12.8 Å². The van der Waals surface area contributed by atoms with Gasteiger partial charge in [0.15, 0.2) is 5.16 Å². The number of thioether (sulfide) groups is 1. The van der Waals surface area contributed by atoms with Gasteiger partial charge in [0.25, 0.3) is 0 Å². The number of aliphatic hydroxyl groups is 1. The number of imidazole rings is 1. The minimum atomic E-state index is -0.874. The van der Waals surface area contributed by atoms with Crippen LogP contribution in [0.4, 0.5) is 4.79 Å². The van der Waals surface area contributed by atoms with Crippen molar-refractivity contribution in [3.05, 3.63) is 11.9 Å². The van der Waals surface area contributed by atoms with Gasteiger partial charge in [-0.3, -0.25) is 10.1 Å². The summed E-state index contributed by atoms with van der Waals surface area (Å²) in [6, 6.07) is -0.874. The zero-order valence-electron chi connectivity index (χ0n) is 8.64.